The van der Waals surface area contributed by atoms with Gasteiger partial charge in [-0.3, -0.25) is 9.20 Å². The number of thioether (sulfide) groups is 1. The smallest absolute Gasteiger partial charge is 0.258 e. The molecule has 0 spiro atoms. The van der Waals surface area contributed by atoms with Gasteiger partial charge in [-0.15, -0.1) is 21.5 Å². The van der Waals surface area contributed by atoms with Crippen LogP contribution < -0.4 is 15.0 Å². The first kappa shape index (κ1) is 18.5. The Bertz CT molecular complexity index is 1150. The molecule has 0 aliphatic heterocycles. The zero-order valence-electron chi connectivity index (χ0n) is 15.2. The highest BCUT2D eigenvalue weighted by Gasteiger charge is 2.12. The molecule has 3 heterocycles. The summed E-state index contributed by atoms with van der Waals surface area (Å²) in [4.78, 5) is 17.3. The fraction of sp³-hybridized carbons (Fsp3) is 0.222. The van der Waals surface area contributed by atoms with E-state index < -0.39 is 0 Å². The van der Waals surface area contributed by atoms with Crippen LogP contribution in [0.4, 0.5) is 0 Å². The lowest BCUT2D eigenvalue weighted by atomic mass is 10.3. The van der Waals surface area contributed by atoms with Crippen LogP contribution in [-0.2, 0) is 19.4 Å². The molecular formula is C18H17N5O3S2. The van der Waals surface area contributed by atoms with Crippen LogP contribution in [0.3, 0.4) is 0 Å². The Morgan fingerprint density at radius 2 is 1.96 bits per heavy atom. The topological polar surface area (TPSA) is 83.5 Å². The second kappa shape index (κ2) is 8.03. The SMILES string of the molecule is COc1ccc(OCc2nnc(SCc3cc(=O)n4ccsc4n3)n2C)cc1. The number of rotatable bonds is 7. The summed E-state index contributed by atoms with van der Waals surface area (Å²) in [7, 11) is 3.51. The summed E-state index contributed by atoms with van der Waals surface area (Å²) in [5, 5.41) is 11.0. The van der Waals surface area contributed by atoms with Gasteiger partial charge < -0.3 is 14.0 Å². The summed E-state index contributed by atoms with van der Waals surface area (Å²) >= 11 is 2.92. The van der Waals surface area contributed by atoms with Crippen LogP contribution in [0.25, 0.3) is 4.96 Å². The van der Waals surface area contributed by atoms with Gasteiger partial charge in [-0.2, -0.15) is 0 Å². The van der Waals surface area contributed by atoms with Crippen molar-refractivity contribution in [2.75, 3.05) is 7.11 Å². The number of ether oxygens (including phenoxy) is 2. The molecule has 0 aliphatic rings. The fourth-order valence-corrected chi connectivity index (χ4v) is 4.08. The van der Waals surface area contributed by atoms with Crippen molar-refractivity contribution in [3.63, 3.8) is 0 Å². The van der Waals surface area contributed by atoms with Crippen LogP contribution in [-0.4, -0.2) is 31.3 Å². The van der Waals surface area contributed by atoms with Crippen LogP contribution in [0.15, 0.2) is 51.9 Å². The van der Waals surface area contributed by atoms with Crippen molar-refractivity contribution in [1.82, 2.24) is 24.1 Å². The molecule has 4 aromatic rings. The third kappa shape index (κ3) is 3.87. The van der Waals surface area contributed by atoms with Gasteiger partial charge in [0.05, 0.1) is 12.8 Å². The minimum absolute atomic E-state index is 0.0756. The third-order valence-corrected chi connectivity index (χ3v) is 5.87. The molecule has 0 saturated heterocycles. The number of aromatic nitrogens is 5. The molecule has 0 saturated carbocycles. The van der Waals surface area contributed by atoms with Crippen molar-refractivity contribution in [2.45, 2.75) is 17.5 Å². The Morgan fingerprint density at radius 3 is 2.75 bits per heavy atom. The highest BCUT2D eigenvalue weighted by atomic mass is 32.2. The van der Waals surface area contributed by atoms with E-state index in [2.05, 4.69) is 15.2 Å². The Morgan fingerprint density at radius 1 is 1.18 bits per heavy atom. The highest BCUT2D eigenvalue weighted by molar-refractivity contribution is 7.98. The predicted octanol–water partition coefficient (Wildman–Crippen LogP) is 2.76. The van der Waals surface area contributed by atoms with Crippen LogP contribution in [0.1, 0.15) is 11.5 Å². The predicted molar refractivity (Wildman–Crippen MR) is 107 cm³/mol. The van der Waals surface area contributed by atoms with Crippen molar-refractivity contribution in [3.05, 3.63) is 63.8 Å². The third-order valence-electron chi connectivity index (χ3n) is 4.06. The lowest BCUT2D eigenvalue weighted by Crippen LogP contribution is -2.12. The normalized spacial score (nSPS) is 11.1. The zero-order valence-corrected chi connectivity index (χ0v) is 16.9. The van der Waals surface area contributed by atoms with E-state index in [0.29, 0.717) is 23.1 Å². The molecule has 0 N–H and O–H groups in total. The van der Waals surface area contributed by atoms with E-state index in [1.807, 2.05) is 41.3 Å². The maximum absolute atomic E-state index is 12.1. The number of thiazole rings is 1. The molecule has 1 aromatic carbocycles. The number of methoxy groups -OCH3 is 1. The van der Waals surface area contributed by atoms with E-state index in [0.717, 1.165) is 22.3 Å². The molecule has 0 unspecified atom stereocenters. The zero-order chi connectivity index (χ0) is 19.5. The first-order chi connectivity index (χ1) is 13.6. The van der Waals surface area contributed by atoms with Gasteiger partial charge in [0.2, 0.25) is 0 Å². The quantitative estimate of drug-likeness (QED) is 0.429. The van der Waals surface area contributed by atoms with Gasteiger partial charge in [0.15, 0.2) is 15.9 Å². The average Bonchev–Trinajstić information content (AvgIpc) is 3.32. The molecule has 4 rings (SSSR count). The van der Waals surface area contributed by atoms with Crippen molar-refractivity contribution >= 4 is 28.1 Å². The van der Waals surface area contributed by atoms with E-state index in [-0.39, 0.29) is 5.56 Å². The number of hydrogen-bond acceptors (Lipinski definition) is 8. The Labute approximate surface area is 168 Å². The Balaban J connectivity index is 1.40. The van der Waals surface area contributed by atoms with Crippen molar-refractivity contribution in [1.29, 1.82) is 0 Å². The minimum Gasteiger partial charge on any atom is -0.497 e. The van der Waals surface area contributed by atoms with Crippen molar-refractivity contribution in [3.8, 4) is 11.5 Å². The molecule has 0 fully saturated rings. The number of benzene rings is 1. The maximum Gasteiger partial charge on any atom is 0.258 e. The maximum atomic E-state index is 12.1. The highest BCUT2D eigenvalue weighted by Crippen LogP contribution is 2.22. The van der Waals surface area contributed by atoms with Gasteiger partial charge in [0.1, 0.15) is 18.1 Å². The van der Waals surface area contributed by atoms with E-state index in [1.165, 1.54) is 27.5 Å². The Kier molecular flexibility index (Phi) is 5.31. The molecule has 3 aromatic heterocycles. The molecule has 0 aliphatic carbocycles. The number of fused-ring (bicyclic) bond motifs is 1. The number of hydrogen-bond donors (Lipinski definition) is 0. The summed E-state index contributed by atoms with van der Waals surface area (Å²) in [5.74, 6) is 2.75. The summed E-state index contributed by atoms with van der Waals surface area (Å²) < 4.78 is 14.3. The minimum atomic E-state index is -0.0756. The second-order valence-electron chi connectivity index (χ2n) is 5.85. The van der Waals surface area contributed by atoms with Crippen LogP contribution in [0.2, 0.25) is 0 Å². The van der Waals surface area contributed by atoms with Crippen LogP contribution >= 0.6 is 23.1 Å². The molecule has 0 bridgehead atoms. The molecule has 10 heteroatoms. The van der Waals surface area contributed by atoms with Gasteiger partial charge in [0.25, 0.3) is 5.56 Å². The lowest BCUT2D eigenvalue weighted by Gasteiger charge is -2.07. The Hall–Kier alpha value is -2.85. The average molecular weight is 416 g/mol. The van der Waals surface area contributed by atoms with Crippen LogP contribution in [0, 0.1) is 0 Å². The van der Waals surface area contributed by atoms with E-state index in [1.54, 1.807) is 19.4 Å². The summed E-state index contributed by atoms with van der Waals surface area (Å²) in [6, 6.07) is 8.92. The summed E-state index contributed by atoms with van der Waals surface area (Å²) in [6.07, 6.45) is 1.73. The van der Waals surface area contributed by atoms with Gasteiger partial charge in [0, 0.05) is 30.4 Å². The number of nitrogens with zero attached hydrogens (tertiary/aromatic N) is 5. The standard InChI is InChI=1S/C18H17N5O3S2/c1-22-15(10-26-14-5-3-13(25-2)4-6-14)20-21-18(22)28-11-12-9-16(24)23-7-8-27-17(23)19-12/h3-9H,10-11H2,1-2H3. The molecule has 8 nitrogen and oxygen atoms in total. The molecular weight excluding hydrogens is 398 g/mol. The largest absolute Gasteiger partial charge is 0.497 e. The van der Waals surface area contributed by atoms with E-state index in [4.69, 9.17) is 9.47 Å². The lowest BCUT2D eigenvalue weighted by molar-refractivity contribution is 0.290. The van der Waals surface area contributed by atoms with E-state index >= 15 is 0 Å². The first-order valence-electron chi connectivity index (χ1n) is 8.38. The molecule has 0 radical (unpaired) electrons. The second-order valence-corrected chi connectivity index (χ2v) is 7.67. The fourth-order valence-electron chi connectivity index (χ4n) is 2.52. The van der Waals surface area contributed by atoms with Crippen LogP contribution in [0.5, 0.6) is 11.5 Å². The summed E-state index contributed by atoms with van der Waals surface area (Å²) in [5.41, 5.74) is 0.643. The molecule has 28 heavy (non-hydrogen) atoms. The monoisotopic (exact) mass is 415 g/mol. The van der Waals surface area contributed by atoms with Gasteiger partial charge >= 0.3 is 0 Å². The first-order valence-corrected chi connectivity index (χ1v) is 10.2. The van der Waals surface area contributed by atoms with Crippen molar-refractivity contribution in [2.24, 2.45) is 7.05 Å². The molecule has 0 atom stereocenters. The van der Waals surface area contributed by atoms with Gasteiger partial charge in [-0.25, -0.2) is 4.98 Å². The summed E-state index contributed by atoms with van der Waals surface area (Å²) in [6.45, 7) is 0.303. The van der Waals surface area contributed by atoms with Crippen molar-refractivity contribution < 1.29 is 9.47 Å². The van der Waals surface area contributed by atoms with Gasteiger partial charge in [-0.1, -0.05) is 11.8 Å². The van der Waals surface area contributed by atoms with E-state index in [9.17, 15) is 4.79 Å². The molecule has 144 valence electrons. The molecule has 0 amide bonds. The van der Waals surface area contributed by atoms with Gasteiger partial charge in [-0.05, 0) is 24.3 Å².